The minimum Gasteiger partial charge on any atom is -0.450 e. The van der Waals surface area contributed by atoms with Crippen molar-refractivity contribution in [3.05, 3.63) is 64.9 Å². The van der Waals surface area contributed by atoms with Gasteiger partial charge in [0.1, 0.15) is 5.58 Å². The first kappa shape index (κ1) is 20.4. The molecule has 1 aromatic heterocycles. The second-order valence-corrected chi connectivity index (χ2v) is 6.81. The van der Waals surface area contributed by atoms with Crippen LogP contribution in [-0.2, 0) is 14.3 Å². The van der Waals surface area contributed by atoms with Gasteiger partial charge in [-0.1, -0.05) is 41.9 Å². The molecule has 0 spiro atoms. The Morgan fingerprint density at radius 2 is 1.79 bits per heavy atom. The summed E-state index contributed by atoms with van der Waals surface area (Å²) in [5, 5.41) is 3.82. The third-order valence-corrected chi connectivity index (χ3v) is 4.64. The molecule has 0 bridgehead atoms. The number of ether oxygens (including phenoxy) is 1. The molecule has 1 N–H and O–H groups in total. The molecule has 29 heavy (non-hydrogen) atoms. The SMILES string of the molecule is Cc1c(C(=O)OCC(=O)N(C)CC(=O)Nc2ccccc2Cl)oc2ccccc12. The van der Waals surface area contributed by atoms with Gasteiger partial charge in [0.05, 0.1) is 17.3 Å². The van der Waals surface area contributed by atoms with Gasteiger partial charge in [-0.05, 0) is 25.1 Å². The molecule has 0 fully saturated rings. The fourth-order valence-electron chi connectivity index (χ4n) is 2.73. The van der Waals surface area contributed by atoms with E-state index in [1.54, 1.807) is 43.3 Å². The minimum absolute atomic E-state index is 0.0538. The highest BCUT2D eigenvalue weighted by molar-refractivity contribution is 6.33. The number of furan rings is 1. The van der Waals surface area contributed by atoms with Gasteiger partial charge in [0, 0.05) is 18.0 Å². The quantitative estimate of drug-likeness (QED) is 0.622. The first-order chi connectivity index (χ1) is 13.9. The number of para-hydroxylation sites is 2. The molecule has 1 heterocycles. The van der Waals surface area contributed by atoms with Crippen LogP contribution in [0.15, 0.2) is 52.9 Å². The van der Waals surface area contributed by atoms with E-state index in [4.69, 9.17) is 20.8 Å². The van der Waals surface area contributed by atoms with Gasteiger partial charge < -0.3 is 19.4 Å². The second-order valence-electron chi connectivity index (χ2n) is 6.41. The Balaban J connectivity index is 1.54. The lowest BCUT2D eigenvalue weighted by Crippen LogP contribution is -2.37. The molecule has 0 saturated carbocycles. The van der Waals surface area contributed by atoms with Crippen molar-refractivity contribution < 1.29 is 23.5 Å². The number of carbonyl (C=O) groups is 3. The molecule has 150 valence electrons. The van der Waals surface area contributed by atoms with E-state index in [2.05, 4.69) is 5.32 Å². The van der Waals surface area contributed by atoms with E-state index in [1.807, 2.05) is 12.1 Å². The summed E-state index contributed by atoms with van der Waals surface area (Å²) in [6, 6.07) is 14.0. The van der Waals surface area contributed by atoms with E-state index in [0.717, 1.165) is 10.3 Å². The summed E-state index contributed by atoms with van der Waals surface area (Å²) in [7, 11) is 1.44. The summed E-state index contributed by atoms with van der Waals surface area (Å²) < 4.78 is 10.6. The molecule has 0 aliphatic heterocycles. The molecular formula is C21H19ClN2O5. The van der Waals surface area contributed by atoms with Crippen LogP contribution in [0.2, 0.25) is 5.02 Å². The van der Waals surface area contributed by atoms with E-state index in [1.165, 1.54) is 7.05 Å². The van der Waals surface area contributed by atoms with E-state index in [0.29, 0.717) is 21.9 Å². The van der Waals surface area contributed by atoms with Gasteiger partial charge in [-0.25, -0.2) is 4.79 Å². The number of fused-ring (bicyclic) bond motifs is 1. The molecule has 0 radical (unpaired) electrons. The number of aryl methyl sites for hydroxylation is 1. The molecule has 8 heteroatoms. The minimum atomic E-state index is -0.735. The lowest BCUT2D eigenvalue weighted by atomic mass is 10.1. The lowest BCUT2D eigenvalue weighted by molar-refractivity contribution is -0.136. The molecule has 2 amide bonds. The Bertz CT molecular complexity index is 1080. The number of halogens is 1. The van der Waals surface area contributed by atoms with Gasteiger partial charge in [-0.15, -0.1) is 0 Å². The normalized spacial score (nSPS) is 10.6. The Morgan fingerprint density at radius 3 is 2.52 bits per heavy atom. The molecular weight excluding hydrogens is 396 g/mol. The molecule has 0 aliphatic carbocycles. The molecule has 7 nitrogen and oxygen atoms in total. The van der Waals surface area contributed by atoms with Gasteiger partial charge in [0.2, 0.25) is 11.7 Å². The predicted molar refractivity (Wildman–Crippen MR) is 109 cm³/mol. The number of anilines is 1. The van der Waals surface area contributed by atoms with Gasteiger partial charge >= 0.3 is 5.97 Å². The topological polar surface area (TPSA) is 88.9 Å². The molecule has 0 atom stereocenters. The van der Waals surface area contributed by atoms with E-state index >= 15 is 0 Å². The highest BCUT2D eigenvalue weighted by Gasteiger charge is 2.21. The van der Waals surface area contributed by atoms with Gasteiger partial charge in [-0.2, -0.15) is 0 Å². The number of esters is 1. The van der Waals surface area contributed by atoms with Crippen LogP contribution in [0.1, 0.15) is 16.1 Å². The zero-order valence-corrected chi connectivity index (χ0v) is 16.7. The summed E-state index contributed by atoms with van der Waals surface area (Å²) in [4.78, 5) is 37.7. The smallest absolute Gasteiger partial charge is 0.375 e. The maximum atomic E-state index is 12.3. The van der Waals surface area contributed by atoms with Crippen LogP contribution in [0, 0.1) is 6.92 Å². The van der Waals surface area contributed by atoms with E-state index < -0.39 is 24.4 Å². The Labute approximate surface area is 172 Å². The number of benzene rings is 2. The Kier molecular flexibility index (Phi) is 6.19. The second kappa shape index (κ2) is 8.79. The number of nitrogens with zero attached hydrogens (tertiary/aromatic N) is 1. The standard InChI is InChI=1S/C21H19ClN2O5/c1-13-14-7-3-6-10-17(14)29-20(13)21(27)28-12-19(26)24(2)11-18(25)23-16-9-5-4-8-15(16)22/h3-10H,11-12H2,1-2H3,(H,23,25). The average molecular weight is 415 g/mol. The number of amides is 2. The largest absolute Gasteiger partial charge is 0.450 e. The van der Waals surface area contributed by atoms with Crippen molar-refractivity contribution in [3.8, 4) is 0 Å². The van der Waals surface area contributed by atoms with Crippen molar-refractivity contribution in [2.75, 3.05) is 25.5 Å². The zero-order valence-electron chi connectivity index (χ0n) is 15.9. The van der Waals surface area contributed by atoms with Crippen LogP contribution in [0.25, 0.3) is 11.0 Å². The molecule has 3 aromatic rings. The summed E-state index contributed by atoms with van der Waals surface area (Å²) in [6.45, 7) is 1.02. The van der Waals surface area contributed by atoms with Gasteiger partial charge in [0.15, 0.2) is 6.61 Å². The van der Waals surface area contributed by atoms with Crippen molar-refractivity contribution >= 4 is 46.0 Å². The van der Waals surface area contributed by atoms with Crippen LogP contribution < -0.4 is 5.32 Å². The number of hydrogen-bond donors (Lipinski definition) is 1. The highest BCUT2D eigenvalue weighted by atomic mass is 35.5. The fourth-order valence-corrected chi connectivity index (χ4v) is 2.91. The average Bonchev–Trinajstić information content (AvgIpc) is 3.04. The Morgan fingerprint density at radius 1 is 1.10 bits per heavy atom. The summed E-state index contributed by atoms with van der Waals surface area (Å²) in [6.07, 6.45) is 0. The van der Waals surface area contributed by atoms with Crippen LogP contribution in [0.5, 0.6) is 0 Å². The van der Waals surface area contributed by atoms with Crippen LogP contribution in [0.4, 0.5) is 5.69 Å². The van der Waals surface area contributed by atoms with E-state index in [-0.39, 0.29) is 12.3 Å². The summed E-state index contributed by atoms with van der Waals surface area (Å²) >= 11 is 5.99. The fraction of sp³-hybridized carbons (Fsp3) is 0.190. The molecule has 0 unspecified atom stereocenters. The monoisotopic (exact) mass is 414 g/mol. The Hall–Kier alpha value is -3.32. The highest BCUT2D eigenvalue weighted by Crippen LogP contribution is 2.25. The van der Waals surface area contributed by atoms with Crippen molar-refractivity contribution in [2.45, 2.75) is 6.92 Å². The van der Waals surface area contributed by atoms with Crippen molar-refractivity contribution in [1.82, 2.24) is 4.90 Å². The third-order valence-electron chi connectivity index (χ3n) is 4.31. The maximum Gasteiger partial charge on any atom is 0.375 e. The predicted octanol–water partition coefficient (Wildman–Crippen LogP) is 3.65. The number of carbonyl (C=O) groups excluding carboxylic acids is 3. The van der Waals surface area contributed by atoms with Crippen molar-refractivity contribution in [3.63, 3.8) is 0 Å². The lowest BCUT2D eigenvalue weighted by Gasteiger charge is -2.17. The van der Waals surface area contributed by atoms with Crippen molar-refractivity contribution in [2.24, 2.45) is 0 Å². The summed E-state index contributed by atoms with van der Waals surface area (Å²) in [5.74, 6) is -1.63. The van der Waals surface area contributed by atoms with E-state index in [9.17, 15) is 14.4 Å². The van der Waals surface area contributed by atoms with Crippen molar-refractivity contribution in [1.29, 1.82) is 0 Å². The molecule has 0 saturated heterocycles. The number of nitrogens with one attached hydrogen (secondary N) is 1. The summed E-state index contributed by atoms with van der Waals surface area (Å²) in [5.41, 5.74) is 1.66. The maximum absolute atomic E-state index is 12.3. The van der Waals surface area contributed by atoms with Gasteiger partial charge in [0.25, 0.3) is 5.91 Å². The van der Waals surface area contributed by atoms with Gasteiger partial charge in [-0.3, -0.25) is 9.59 Å². The third kappa shape index (κ3) is 4.75. The number of rotatable bonds is 6. The van der Waals surface area contributed by atoms with Crippen LogP contribution in [0.3, 0.4) is 0 Å². The van der Waals surface area contributed by atoms with Crippen LogP contribution in [-0.4, -0.2) is 42.9 Å². The first-order valence-corrected chi connectivity index (χ1v) is 9.18. The number of likely N-dealkylation sites (N-methyl/N-ethyl adjacent to an activating group) is 1. The number of hydrogen-bond acceptors (Lipinski definition) is 5. The molecule has 0 aliphatic rings. The zero-order chi connectivity index (χ0) is 21.0. The first-order valence-electron chi connectivity index (χ1n) is 8.80. The van der Waals surface area contributed by atoms with Crippen LogP contribution >= 0.6 is 11.6 Å². The molecule has 3 rings (SSSR count). The molecule has 2 aromatic carbocycles.